The lowest BCUT2D eigenvalue weighted by atomic mass is 10.0. The first-order chi connectivity index (χ1) is 21.8. The normalized spacial score (nSPS) is 11.6. The predicted octanol–water partition coefficient (Wildman–Crippen LogP) is 10.9. The van der Waals surface area contributed by atoms with E-state index in [1.165, 1.54) is 26.6 Å². The quantitative estimate of drug-likeness (QED) is 0.208. The molecule has 0 unspecified atom stereocenters. The number of fused-ring (bicyclic) bond motifs is 6. The summed E-state index contributed by atoms with van der Waals surface area (Å²) in [6.07, 6.45) is 0. The molecule has 0 aliphatic carbocycles. The van der Waals surface area contributed by atoms with Crippen LogP contribution in [0.1, 0.15) is 0 Å². The van der Waals surface area contributed by atoms with E-state index in [9.17, 15) is 0 Å². The van der Waals surface area contributed by atoms with Gasteiger partial charge in [0.05, 0.1) is 26.9 Å². The van der Waals surface area contributed by atoms with Gasteiger partial charge in [-0.05, 0) is 47.5 Å². The molecule has 9 rings (SSSR count). The Morgan fingerprint density at radius 2 is 1.20 bits per heavy atom. The molecule has 0 fully saturated rings. The molecule has 6 aromatic carbocycles. The van der Waals surface area contributed by atoms with Crippen LogP contribution in [0.3, 0.4) is 0 Å². The van der Waals surface area contributed by atoms with Crippen LogP contribution in [0.15, 0.2) is 152 Å². The van der Waals surface area contributed by atoms with Gasteiger partial charge in [0.15, 0.2) is 5.82 Å². The lowest BCUT2D eigenvalue weighted by molar-refractivity contribution is 1.18. The van der Waals surface area contributed by atoms with Gasteiger partial charge in [0, 0.05) is 37.7 Å². The summed E-state index contributed by atoms with van der Waals surface area (Å²) in [4.78, 5) is 10.7. The van der Waals surface area contributed by atoms with Gasteiger partial charge in [-0.25, -0.2) is 9.97 Å². The molecule has 9 aromatic rings. The molecule has 0 saturated carbocycles. The minimum Gasteiger partial charge on any atom is -0.309 e. The number of rotatable bonds is 4. The van der Waals surface area contributed by atoms with Gasteiger partial charge in [-0.2, -0.15) is 0 Å². The van der Waals surface area contributed by atoms with Crippen molar-refractivity contribution >= 4 is 53.4 Å². The molecule has 0 saturated heterocycles. The number of benzene rings is 6. The average Bonchev–Trinajstić information content (AvgIpc) is 3.64. The fourth-order valence-corrected chi connectivity index (χ4v) is 7.58. The van der Waals surface area contributed by atoms with Gasteiger partial charge < -0.3 is 4.57 Å². The Hall–Kier alpha value is -5.58. The Balaban J connectivity index is 1.40. The monoisotopic (exact) mass is 579 g/mol. The first kappa shape index (κ1) is 25.0. The number of para-hydroxylation sites is 1. The molecule has 0 aliphatic rings. The van der Waals surface area contributed by atoms with E-state index in [-0.39, 0.29) is 0 Å². The lowest BCUT2D eigenvalue weighted by Crippen LogP contribution is -1.95. The molecular weight excluding hydrogens is 555 g/mol. The van der Waals surface area contributed by atoms with Crippen molar-refractivity contribution in [1.82, 2.24) is 14.5 Å². The van der Waals surface area contributed by atoms with Crippen LogP contribution < -0.4 is 0 Å². The van der Waals surface area contributed by atoms with Crippen molar-refractivity contribution in [2.45, 2.75) is 0 Å². The maximum absolute atomic E-state index is 5.35. The van der Waals surface area contributed by atoms with Gasteiger partial charge in [-0.1, -0.05) is 115 Å². The molecule has 4 heteroatoms. The summed E-state index contributed by atoms with van der Waals surface area (Å²) in [5.74, 6) is 0.739. The summed E-state index contributed by atoms with van der Waals surface area (Å²) < 4.78 is 4.70. The number of nitrogens with zero attached hydrogens (tertiary/aromatic N) is 3. The first-order valence-corrected chi connectivity index (χ1v) is 15.6. The highest BCUT2D eigenvalue weighted by molar-refractivity contribution is 7.26. The number of aromatic nitrogens is 3. The molecule has 0 radical (unpaired) electrons. The molecule has 3 aromatic heterocycles. The second kappa shape index (κ2) is 10.0. The SMILES string of the molecule is c1ccc(-c2ccc3c(c2)c2c(-c4nc(-c5ccccc5)c5sc6ccccc6c5n4)cccc2n3-c2ccccc2)cc1. The van der Waals surface area contributed by atoms with E-state index in [4.69, 9.17) is 9.97 Å². The second-order valence-corrected chi connectivity index (χ2v) is 12.1. The third-order valence-corrected chi connectivity index (χ3v) is 9.59. The summed E-state index contributed by atoms with van der Waals surface area (Å²) in [5, 5.41) is 3.50. The van der Waals surface area contributed by atoms with E-state index in [1.807, 2.05) is 0 Å². The average molecular weight is 580 g/mol. The Morgan fingerprint density at radius 3 is 2.00 bits per heavy atom. The van der Waals surface area contributed by atoms with Crippen LogP contribution in [0.2, 0.25) is 0 Å². The third kappa shape index (κ3) is 3.89. The topological polar surface area (TPSA) is 30.7 Å². The number of thiophene rings is 1. The van der Waals surface area contributed by atoms with E-state index >= 15 is 0 Å². The van der Waals surface area contributed by atoms with Crippen molar-refractivity contribution in [2.24, 2.45) is 0 Å². The number of hydrogen-bond donors (Lipinski definition) is 0. The Labute approximate surface area is 258 Å². The standard InChI is InChI=1S/C40H25N3S/c1-4-13-26(14-5-1)28-23-24-33-32(25-28)36-31(20-12-21-34(36)43(33)29-17-8-3-9-18-29)40-41-37(27-15-6-2-7-16-27)39-38(42-40)30-19-10-11-22-35(30)44-39/h1-25H. The fraction of sp³-hybridized carbons (Fsp3) is 0. The predicted molar refractivity (Wildman–Crippen MR) is 186 cm³/mol. The Bertz CT molecular complexity index is 2480. The highest BCUT2D eigenvalue weighted by Gasteiger charge is 2.21. The van der Waals surface area contributed by atoms with Crippen LogP contribution >= 0.6 is 11.3 Å². The van der Waals surface area contributed by atoms with E-state index in [0.29, 0.717) is 0 Å². The van der Waals surface area contributed by atoms with Crippen molar-refractivity contribution in [3.05, 3.63) is 152 Å². The summed E-state index contributed by atoms with van der Waals surface area (Å²) in [5.41, 5.74) is 9.90. The van der Waals surface area contributed by atoms with Crippen molar-refractivity contribution in [2.75, 3.05) is 0 Å². The van der Waals surface area contributed by atoms with Gasteiger partial charge in [-0.3, -0.25) is 0 Å². The maximum atomic E-state index is 5.35. The maximum Gasteiger partial charge on any atom is 0.161 e. The third-order valence-electron chi connectivity index (χ3n) is 8.42. The highest BCUT2D eigenvalue weighted by atomic mass is 32.1. The van der Waals surface area contributed by atoms with Crippen LogP contribution in [-0.2, 0) is 0 Å². The molecule has 44 heavy (non-hydrogen) atoms. The molecule has 0 bridgehead atoms. The molecule has 0 N–H and O–H groups in total. The van der Waals surface area contributed by atoms with Gasteiger partial charge in [0.25, 0.3) is 0 Å². The smallest absolute Gasteiger partial charge is 0.161 e. The largest absolute Gasteiger partial charge is 0.309 e. The van der Waals surface area contributed by atoms with E-state index in [2.05, 4.69) is 156 Å². The van der Waals surface area contributed by atoms with Crippen molar-refractivity contribution < 1.29 is 0 Å². The minimum atomic E-state index is 0.739. The molecule has 3 nitrogen and oxygen atoms in total. The summed E-state index contributed by atoms with van der Waals surface area (Å²) >= 11 is 1.77. The van der Waals surface area contributed by atoms with Crippen LogP contribution in [0.5, 0.6) is 0 Å². The van der Waals surface area contributed by atoms with Gasteiger partial charge >= 0.3 is 0 Å². The lowest BCUT2D eigenvalue weighted by Gasteiger charge is -2.10. The second-order valence-electron chi connectivity index (χ2n) is 11.0. The van der Waals surface area contributed by atoms with Crippen molar-refractivity contribution in [1.29, 1.82) is 0 Å². The van der Waals surface area contributed by atoms with E-state index in [0.717, 1.165) is 55.0 Å². The molecule has 206 valence electrons. The molecule has 0 amide bonds. The van der Waals surface area contributed by atoms with Crippen LogP contribution in [-0.4, -0.2) is 14.5 Å². The van der Waals surface area contributed by atoms with Crippen molar-refractivity contribution in [3.8, 4) is 39.5 Å². The van der Waals surface area contributed by atoms with E-state index < -0.39 is 0 Å². The molecule has 3 heterocycles. The first-order valence-electron chi connectivity index (χ1n) is 14.8. The van der Waals surface area contributed by atoms with Crippen LogP contribution in [0, 0.1) is 0 Å². The summed E-state index contributed by atoms with van der Waals surface area (Å²) in [6, 6.07) is 53.6. The zero-order chi connectivity index (χ0) is 29.0. The van der Waals surface area contributed by atoms with Crippen molar-refractivity contribution in [3.63, 3.8) is 0 Å². The summed E-state index contributed by atoms with van der Waals surface area (Å²) in [7, 11) is 0. The Morgan fingerprint density at radius 1 is 0.500 bits per heavy atom. The van der Waals surface area contributed by atoms with E-state index in [1.54, 1.807) is 11.3 Å². The highest BCUT2D eigenvalue weighted by Crippen LogP contribution is 2.43. The molecule has 0 spiro atoms. The molecule has 0 atom stereocenters. The zero-order valence-electron chi connectivity index (χ0n) is 23.7. The van der Waals surface area contributed by atoms with Gasteiger partial charge in [0.2, 0.25) is 0 Å². The van der Waals surface area contributed by atoms with Gasteiger partial charge in [0.1, 0.15) is 0 Å². The molecule has 0 aliphatic heterocycles. The van der Waals surface area contributed by atoms with Crippen LogP contribution in [0.4, 0.5) is 0 Å². The zero-order valence-corrected chi connectivity index (χ0v) is 24.5. The summed E-state index contributed by atoms with van der Waals surface area (Å²) in [6.45, 7) is 0. The van der Waals surface area contributed by atoms with Gasteiger partial charge in [-0.15, -0.1) is 11.3 Å². The molecular formula is C40H25N3S. The fourth-order valence-electron chi connectivity index (χ4n) is 6.43. The van der Waals surface area contributed by atoms with Crippen LogP contribution in [0.25, 0.3) is 81.6 Å². The number of hydrogen-bond acceptors (Lipinski definition) is 3. The Kier molecular flexibility index (Phi) is 5.68. The minimum absolute atomic E-state index is 0.739.